The number of furan rings is 1. The van der Waals surface area contributed by atoms with Crippen molar-refractivity contribution in [2.75, 3.05) is 0 Å². The van der Waals surface area contributed by atoms with Crippen molar-refractivity contribution < 1.29 is 4.42 Å². The zero-order valence-corrected chi connectivity index (χ0v) is 7.37. The van der Waals surface area contributed by atoms with Gasteiger partial charge in [0.05, 0.1) is 12.0 Å². The van der Waals surface area contributed by atoms with Crippen LogP contribution >= 0.6 is 0 Å². The second-order valence-electron chi connectivity index (χ2n) is 2.84. The van der Waals surface area contributed by atoms with E-state index in [2.05, 4.69) is 9.97 Å². The maximum atomic E-state index is 5.53. The maximum absolute atomic E-state index is 5.53. The summed E-state index contributed by atoms with van der Waals surface area (Å²) in [5.41, 5.74) is 7.23. The van der Waals surface area contributed by atoms with E-state index < -0.39 is 0 Å². The molecule has 3 N–H and O–H groups in total. The van der Waals surface area contributed by atoms with E-state index in [-0.39, 0.29) is 0 Å². The fourth-order valence-corrected chi connectivity index (χ4v) is 1.25. The molecule has 0 aliphatic heterocycles. The SMILES string of the molecule is Cc1ccc(-c2nc[nH]c2CN)o1. The lowest BCUT2D eigenvalue weighted by Gasteiger charge is -1.94. The number of aryl methyl sites for hydroxylation is 1. The number of aromatic amines is 1. The van der Waals surface area contributed by atoms with Crippen molar-refractivity contribution in [1.29, 1.82) is 0 Å². The largest absolute Gasteiger partial charge is 0.460 e. The summed E-state index contributed by atoms with van der Waals surface area (Å²) in [6.07, 6.45) is 1.62. The van der Waals surface area contributed by atoms with E-state index in [0.717, 1.165) is 22.9 Å². The Hall–Kier alpha value is -1.55. The molecule has 2 aromatic rings. The predicted octanol–water partition coefficient (Wildman–Crippen LogP) is 1.44. The highest BCUT2D eigenvalue weighted by Gasteiger charge is 2.09. The van der Waals surface area contributed by atoms with Gasteiger partial charge in [0.15, 0.2) is 5.76 Å². The molecule has 0 saturated heterocycles. The number of nitrogens with zero attached hydrogens (tertiary/aromatic N) is 1. The van der Waals surface area contributed by atoms with E-state index in [1.165, 1.54) is 0 Å². The van der Waals surface area contributed by atoms with E-state index >= 15 is 0 Å². The van der Waals surface area contributed by atoms with Gasteiger partial charge in [0.25, 0.3) is 0 Å². The molecule has 0 saturated carbocycles. The molecule has 0 spiro atoms. The van der Waals surface area contributed by atoms with E-state index in [0.29, 0.717) is 6.54 Å². The third-order valence-electron chi connectivity index (χ3n) is 1.90. The van der Waals surface area contributed by atoms with Crippen LogP contribution in [0.5, 0.6) is 0 Å². The highest BCUT2D eigenvalue weighted by atomic mass is 16.3. The summed E-state index contributed by atoms with van der Waals surface area (Å²) in [6.45, 7) is 2.34. The van der Waals surface area contributed by atoms with Crippen LogP contribution in [0.25, 0.3) is 11.5 Å². The summed E-state index contributed by atoms with van der Waals surface area (Å²) in [6, 6.07) is 3.80. The van der Waals surface area contributed by atoms with Gasteiger partial charge in [-0.3, -0.25) is 0 Å². The smallest absolute Gasteiger partial charge is 0.154 e. The third kappa shape index (κ3) is 1.36. The molecule has 0 aliphatic rings. The van der Waals surface area contributed by atoms with Gasteiger partial charge in [-0.1, -0.05) is 0 Å². The fourth-order valence-electron chi connectivity index (χ4n) is 1.25. The van der Waals surface area contributed by atoms with Gasteiger partial charge in [0.1, 0.15) is 11.5 Å². The minimum atomic E-state index is 0.440. The molecule has 0 aliphatic carbocycles. The first kappa shape index (κ1) is 8.07. The lowest BCUT2D eigenvalue weighted by atomic mass is 10.2. The molecular formula is C9H11N3O. The Morgan fingerprint density at radius 3 is 3.00 bits per heavy atom. The van der Waals surface area contributed by atoms with Crippen molar-refractivity contribution in [3.8, 4) is 11.5 Å². The first-order chi connectivity index (χ1) is 6.31. The van der Waals surface area contributed by atoms with Crippen molar-refractivity contribution in [2.24, 2.45) is 5.73 Å². The molecule has 0 unspecified atom stereocenters. The first-order valence-corrected chi connectivity index (χ1v) is 4.10. The summed E-state index contributed by atoms with van der Waals surface area (Å²) in [7, 11) is 0. The first-order valence-electron chi connectivity index (χ1n) is 4.10. The molecule has 0 bridgehead atoms. The minimum Gasteiger partial charge on any atom is -0.460 e. The summed E-state index contributed by atoms with van der Waals surface area (Å²) < 4.78 is 5.43. The number of imidazole rings is 1. The standard InChI is InChI=1S/C9H11N3O/c1-6-2-3-8(13-6)9-7(4-10)11-5-12-9/h2-3,5H,4,10H2,1H3,(H,11,12). The average Bonchev–Trinajstić information content (AvgIpc) is 2.71. The Morgan fingerprint density at radius 1 is 1.54 bits per heavy atom. The number of nitrogens with two attached hydrogens (primary N) is 1. The third-order valence-corrected chi connectivity index (χ3v) is 1.90. The Kier molecular flexibility index (Phi) is 1.90. The van der Waals surface area contributed by atoms with Gasteiger partial charge in [0.2, 0.25) is 0 Å². The van der Waals surface area contributed by atoms with Crippen LogP contribution in [0.2, 0.25) is 0 Å². The quantitative estimate of drug-likeness (QED) is 0.729. The Balaban J connectivity index is 2.45. The van der Waals surface area contributed by atoms with Gasteiger partial charge in [-0.15, -0.1) is 0 Å². The monoisotopic (exact) mass is 177 g/mol. The molecule has 2 rings (SSSR count). The van der Waals surface area contributed by atoms with E-state index in [1.807, 2.05) is 19.1 Å². The van der Waals surface area contributed by atoms with Crippen LogP contribution in [0.15, 0.2) is 22.9 Å². The van der Waals surface area contributed by atoms with Gasteiger partial charge in [-0.05, 0) is 19.1 Å². The molecule has 2 aromatic heterocycles. The van der Waals surface area contributed by atoms with Crippen LogP contribution < -0.4 is 5.73 Å². The number of aromatic nitrogens is 2. The number of nitrogens with one attached hydrogen (secondary N) is 1. The van der Waals surface area contributed by atoms with Gasteiger partial charge >= 0.3 is 0 Å². The lowest BCUT2D eigenvalue weighted by Crippen LogP contribution is -1.98. The summed E-state index contributed by atoms with van der Waals surface area (Å²) in [4.78, 5) is 7.11. The van der Waals surface area contributed by atoms with E-state index in [9.17, 15) is 0 Å². The van der Waals surface area contributed by atoms with E-state index in [4.69, 9.17) is 10.2 Å². The molecule has 0 amide bonds. The van der Waals surface area contributed by atoms with Gasteiger partial charge < -0.3 is 15.1 Å². The van der Waals surface area contributed by atoms with Crippen LogP contribution in [0.1, 0.15) is 11.5 Å². The molecule has 4 nitrogen and oxygen atoms in total. The Morgan fingerprint density at radius 2 is 2.38 bits per heavy atom. The zero-order chi connectivity index (χ0) is 9.26. The average molecular weight is 177 g/mol. The molecular weight excluding hydrogens is 166 g/mol. The highest BCUT2D eigenvalue weighted by molar-refractivity contribution is 5.55. The van der Waals surface area contributed by atoms with Crippen LogP contribution in [0, 0.1) is 6.92 Å². The molecule has 68 valence electrons. The summed E-state index contributed by atoms with van der Waals surface area (Å²) >= 11 is 0. The minimum absolute atomic E-state index is 0.440. The Bertz CT molecular complexity index is 402. The normalized spacial score (nSPS) is 10.6. The van der Waals surface area contributed by atoms with Crippen LogP contribution in [-0.2, 0) is 6.54 Å². The number of hydrogen-bond acceptors (Lipinski definition) is 3. The second-order valence-corrected chi connectivity index (χ2v) is 2.84. The highest BCUT2D eigenvalue weighted by Crippen LogP contribution is 2.21. The maximum Gasteiger partial charge on any atom is 0.154 e. The van der Waals surface area contributed by atoms with Gasteiger partial charge in [0, 0.05) is 6.54 Å². The molecule has 0 radical (unpaired) electrons. The molecule has 0 aromatic carbocycles. The second kappa shape index (κ2) is 3.06. The van der Waals surface area contributed by atoms with Gasteiger partial charge in [-0.2, -0.15) is 0 Å². The number of H-pyrrole nitrogens is 1. The van der Waals surface area contributed by atoms with Crippen molar-refractivity contribution in [3.05, 3.63) is 29.9 Å². The van der Waals surface area contributed by atoms with Crippen molar-refractivity contribution >= 4 is 0 Å². The summed E-state index contributed by atoms with van der Waals surface area (Å²) in [5.74, 6) is 1.64. The number of hydrogen-bond donors (Lipinski definition) is 2. The zero-order valence-electron chi connectivity index (χ0n) is 7.37. The molecule has 13 heavy (non-hydrogen) atoms. The van der Waals surface area contributed by atoms with Crippen molar-refractivity contribution in [2.45, 2.75) is 13.5 Å². The Labute approximate surface area is 75.8 Å². The molecule has 4 heteroatoms. The topological polar surface area (TPSA) is 67.8 Å². The fraction of sp³-hybridized carbons (Fsp3) is 0.222. The van der Waals surface area contributed by atoms with Gasteiger partial charge in [-0.25, -0.2) is 4.98 Å². The molecule has 0 fully saturated rings. The predicted molar refractivity (Wildman–Crippen MR) is 48.9 cm³/mol. The molecule has 2 heterocycles. The molecule has 0 atom stereocenters. The lowest BCUT2D eigenvalue weighted by molar-refractivity contribution is 0.546. The van der Waals surface area contributed by atoms with Crippen LogP contribution in [0.4, 0.5) is 0 Å². The van der Waals surface area contributed by atoms with Crippen LogP contribution in [0.3, 0.4) is 0 Å². The van der Waals surface area contributed by atoms with Crippen molar-refractivity contribution in [3.63, 3.8) is 0 Å². The van der Waals surface area contributed by atoms with Crippen molar-refractivity contribution in [1.82, 2.24) is 9.97 Å². The summed E-state index contributed by atoms with van der Waals surface area (Å²) in [5, 5.41) is 0. The number of rotatable bonds is 2. The van der Waals surface area contributed by atoms with Crippen LogP contribution in [-0.4, -0.2) is 9.97 Å². The van der Waals surface area contributed by atoms with E-state index in [1.54, 1.807) is 6.33 Å².